The van der Waals surface area contributed by atoms with Crippen molar-refractivity contribution >= 4 is 29.3 Å². The Morgan fingerprint density at radius 3 is 2.71 bits per heavy atom. The summed E-state index contributed by atoms with van der Waals surface area (Å²) in [5.74, 6) is -0.322. The van der Waals surface area contributed by atoms with Crippen LogP contribution in [0.5, 0.6) is 5.75 Å². The van der Waals surface area contributed by atoms with Crippen molar-refractivity contribution in [1.29, 1.82) is 0 Å². The van der Waals surface area contributed by atoms with Gasteiger partial charge in [-0.05, 0) is 61.6 Å². The molecule has 1 N–H and O–H groups in total. The van der Waals surface area contributed by atoms with Crippen molar-refractivity contribution in [2.24, 2.45) is 0 Å². The lowest BCUT2D eigenvalue weighted by atomic mass is 10.1. The van der Waals surface area contributed by atoms with E-state index in [1.165, 1.54) is 17.0 Å². The first kappa shape index (κ1) is 25.1. The second-order valence-electron chi connectivity index (χ2n) is 8.00. The molecule has 3 aromatic rings. The molecule has 7 nitrogen and oxygen atoms in total. The number of benzene rings is 2. The van der Waals surface area contributed by atoms with Gasteiger partial charge in [0.25, 0.3) is 0 Å². The lowest BCUT2D eigenvalue weighted by Gasteiger charge is -2.17. The number of amides is 1. The van der Waals surface area contributed by atoms with E-state index in [9.17, 15) is 23.1 Å². The molecule has 2 heterocycles. The van der Waals surface area contributed by atoms with Gasteiger partial charge in [0.2, 0.25) is 11.7 Å². The Balaban J connectivity index is 1.47. The van der Waals surface area contributed by atoms with Gasteiger partial charge in [-0.3, -0.25) is 4.90 Å². The van der Waals surface area contributed by atoms with Gasteiger partial charge in [0, 0.05) is 12.1 Å². The minimum Gasteiger partial charge on any atom is -0.493 e. The number of carbonyl (C=O) groups is 1. The molecule has 1 aliphatic rings. The van der Waals surface area contributed by atoms with Crippen LogP contribution in [0.1, 0.15) is 42.3 Å². The molecule has 1 fully saturated rings. The van der Waals surface area contributed by atoms with E-state index in [1.54, 1.807) is 18.2 Å². The van der Waals surface area contributed by atoms with Crippen LogP contribution in [0.3, 0.4) is 0 Å². The number of carboxylic acid groups (broad SMARTS) is 1. The standard InChI is InChI=1S/C23H20Cl2F3N3O4/c24-16-7-5-13(11-17(16)25)3-2-10-34-19-8-6-14(12-15(19)23(26,27)28)20-29-21(35-30-20)18-4-1-9-31(18)22(32)33/h5-8,11-12,18H,1-4,9-10H2,(H,32,33)/t18-/m0/s1. The normalized spacial score (nSPS) is 16.0. The third-order valence-corrected chi connectivity index (χ3v) is 6.36. The van der Waals surface area contributed by atoms with Crippen LogP contribution in [0.4, 0.5) is 18.0 Å². The van der Waals surface area contributed by atoms with Crippen LogP contribution in [-0.2, 0) is 12.6 Å². The van der Waals surface area contributed by atoms with Crippen molar-refractivity contribution in [3.05, 3.63) is 63.5 Å². The second kappa shape index (κ2) is 10.3. The van der Waals surface area contributed by atoms with Crippen molar-refractivity contribution in [3.8, 4) is 17.1 Å². The van der Waals surface area contributed by atoms with E-state index >= 15 is 0 Å². The van der Waals surface area contributed by atoms with Gasteiger partial charge < -0.3 is 14.4 Å². The summed E-state index contributed by atoms with van der Waals surface area (Å²) < 4.78 is 51.9. The fourth-order valence-corrected chi connectivity index (χ4v) is 4.23. The molecule has 0 bridgehead atoms. The lowest BCUT2D eigenvalue weighted by molar-refractivity contribution is -0.138. The topological polar surface area (TPSA) is 88.7 Å². The Hall–Kier alpha value is -2.98. The first-order valence-corrected chi connectivity index (χ1v) is 11.5. The Morgan fingerprint density at radius 1 is 1.20 bits per heavy atom. The maximum atomic E-state index is 13.7. The zero-order valence-electron chi connectivity index (χ0n) is 18.2. The predicted molar refractivity (Wildman–Crippen MR) is 122 cm³/mol. The SMILES string of the molecule is O=C(O)N1CCC[C@H]1c1nc(-c2ccc(OCCCc3ccc(Cl)c(Cl)c3)c(C(F)(F)F)c2)no1. The summed E-state index contributed by atoms with van der Waals surface area (Å²) in [6.45, 7) is 0.384. The van der Waals surface area contributed by atoms with Gasteiger partial charge in [-0.15, -0.1) is 0 Å². The molecular formula is C23H20Cl2F3N3O4. The minimum atomic E-state index is -4.67. The van der Waals surface area contributed by atoms with Crippen LogP contribution in [0.2, 0.25) is 10.0 Å². The van der Waals surface area contributed by atoms with E-state index in [2.05, 4.69) is 10.1 Å². The van der Waals surface area contributed by atoms with Crippen LogP contribution < -0.4 is 4.74 Å². The average molecular weight is 530 g/mol. The third kappa shape index (κ3) is 5.82. The van der Waals surface area contributed by atoms with E-state index in [4.69, 9.17) is 32.5 Å². The molecule has 0 unspecified atom stereocenters. The van der Waals surface area contributed by atoms with Gasteiger partial charge in [-0.2, -0.15) is 18.2 Å². The maximum Gasteiger partial charge on any atom is 0.419 e. The highest BCUT2D eigenvalue weighted by Crippen LogP contribution is 2.39. The number of nitrogens with zero attached hydrogens (tertiary/aromatic N) is 3. The summed E-state index contributed by atoms with van der Waals surface area (Å²) >= 11 is 11.9. The van der Waals surface area contributed by atoms with Crippen LogP contribution in [0.25, 0.3) is 11.4 Å². The molecule has 0 spiro atoms. The third-order valence-electron chi connectivity index (χ3n) is 5.62. The van der Waals surface area contributed by atoms with Crippen LogP contribution in [0, 0.1) is 0 Å². The number of aromatic nitrogens is 2. The Labute approximate surface area is 208 Å². The predicted octanol–water partition coefficient (Wildman–Crippen LogP) is 6.89. The van der Waals surface area contributed by atoms with Crippen molar-refractivity contribution in [3.63, 3.8) is 0 Å². The largest absolute Gasteiger partial charge is 0.493 e. The van der Waals surface area contributed by atoms with Crippen molar-refractivity contribution in [2.45, 2.75) is 37.9 Å². The minimum absolute atomic E-state index is 0.0519. The van der Waals surface area contributed by atoms with E-state index in [0.717, 1.165) is 11.6 Å². The fraction of sp³-hybridized carbons (Fsp3) is 0.348. The van der Waals surface area contributed by atoms with Gasteiger partial charge in [-0.25, -0.2) is 4.79 Å². The first-order chi connectivity index (χ1) is 16.6. The smallest absolute Gasteiger partial charge is 0.419 e. The van der Waals surface area contributed by atoms with Gasteiger partial charge in [0.1, 0.15) is 11.8 Å². The number of rotatable bonds is 7. The Bertz CT molecular complexity index is 1220. The number of aryl methyl sites for hydroxylation is 1. The molecule has 2 aromatic carbocycles. The molecule has 4 rings (SSSR count). The number of likely N-dealkylation sites (tertiary alicyclic amines) is 1. The molecule has 0 radical (unpaired) electrons. The summed E-state index contributed by atoms with van der Waals surface area (Å²) in [5, 5.41) is 13.9. The molecular weight excluding hydrogens is 510 g/mol. The summed E-state index contributed by atoms with van der Waals surface area (Å²) in [4.78, 5) is 16.7. The Morgan fingerprint density at radius 2 is 2.00 bits per heavy atom. The molecule has 1 aromatic heterocycles. The first-order valence-electron chi connectivity index (χ1n) is 10.7. The summed E-state index contributed by atoms with van der Waals surface area (Å²) in [5.41, 5.74) is 0.00491. The van der Waals surface area contributed by atoms with Crippen LogP contribution >= 0.6 is 23.2 Å². The van der Waals surface area contributed by atoms with Gasteiger partial charge in [-0.1, -0.05) is 34.4 Å². The molecule has 186 valence electrons. The fourth-order valence-electron chi connectivity index (χ4n) is 3.91. The number of hydrogen-bond donors (Lipinski definition) is 1. The average Bonchev–Trinajstić information content (AvgIpc) is 3.48. The van der Waals surface area contributed by atoms with E-state index < -0.39 is 23.9 Å². The summed E-state index contributed by atoms with van der Waals surface area (Å²) in [6, 6.07) is 8.07. The zero-order valence-corrected chi connectivity index (χ0v) is 19.7. The quantitative estimate of drug-likeness (QED) is 0.335. The van der Waals surface area contributed by atoms with Crippen molar-refractivity contribution < 1.29 is 32.3 Å². The van der Waals surface area contributed by atoms with Gasteiger partial charge in [0.15, 0.2) is 0 Å². The van der Waals surface area contributed by atoms with Crippen molar-refractivity contribution in [1.82, 2.24) is 15.0 Å². The number of ether oxygens (including phenoxy) is 1. The highest BCUT2D eigenvalue weighted by atomic mass is 35.5. The van der Waals surface area contributed by atoms with E-state index in [1.807, 2.05) is 0 Å². The molecule has 0 aliphatic carbocycles. The van der Waals surface area contributed by atoms with E-state index in [-0.39, 0.29) is 29.6 Å². The molecule has 1 atom stereocenters. The lowest BCUT2D eigenvalue weighted by Crippen LogP contribution is -2.28. The molecule has 1 aliphatic heterocycles. The number of hydrogen-bond acceptors (Lipinski definition) is 5. The molecule has 0 saturated carbocycles. The summed E-state index contributed by atoms with van der Waals surface area (Å²) in [6.07, 6.45) is -3.65. The molecule has 35 heavy (non-hydrogen) atoms. The highest BCUT2D eigenvalue weighted by Gasteiger charge is 2.36. The molecule has 12 heteroatoms. The number of alkyl halides is 3. The van der Waals surface area contributed by atoms with Crippen molar-refractivity contribution in [2.75, 3.05) is 13.2 Å². The highest BCUT2D eigenvalue weighted by molar-refractivity contribution is 6.42. The Kier molecular flexibility index (Phi) is 7.42. The van der Waals surface area contributed by atoms with Crippen LogP contribution in [0.15, 0.2) is 40.9 Å². The molecule has 1 saturated heterocycles. The molecule has 1 amide bonds. The second-order valence-corrected chi connectivity index (χ2v) is 8.81. The van der Waals surface area contributed by atoms with Crippen LogP contribution in [-0.4, -0.2) is 39.4 Å². The number of halogens is 5. The van der Waals surface area contributed by atoms with Gasteiger partial charge >= 0.3 is 12.3 Å². The zero-order chi connectivity index (χ0) is 25.2. The maximum absolute atomic E-state index is 13.7. The summed E-state index contributed by atoms with van der Waals surface area (Å²) in [7, 11) is 0. The van der Waals surface area contributed by atoms with E-state index in [0.29, 0.717) is 42.3 Å². The van der Waals surface area contributed by atoms with Gasteiger partial charge in [0.05, 0.1) is 22.2 Å². The monoisotopic (exact) mass is 529 g/mol.